The zero-order valence-corrected chi connectivity index (χ0v) is 23.7. The third-order valence-electron chi connectivity index (χ3n) is 7.85. The maximum Gasteiger partial charge on any atom is 0.251 e. The molecule has 2 aromatic carbocycles. The number of fused-ring (bicyclic) bond motifs is 2. The molecule has 11 heteroatoms. The molecule has 0 unspecified atom stereocenters. The number of anilines is 2. The second-order valence-corrected chi connectivity index (χ2v) is 11.3. The van der Waals surface area contributed by atoms with E-state index in [0.29, 0.717) is 53.6 Å². The topological polar surface area (TPSA) is 136 Å². The molecule has 0 bridgehead atoms. The number of ether oxygens (including phenoxy) is 3. The van der Waals surface area contributed by atoms with Crippen LogP contribution < -0.4 is 20.1 Å². The van der Waals surface area contributed by atoms with E-state index in [4.69, 9.17) is 28.6 Å². The number of nitrogens with one attached hydrogen (secondary N) is 3. The molecule has 1 saturated carbocycles. The molecular weight excluding hydrogens is 536 g/mol. The van der Waals surface area contributed by atoms with Crippen LogP contribution in [0.3, 0.4) is 0 Å². The van der Waals surface area contributed by atoms with Crippen LogP contribution in [0.5, 0.6) is 11.6 Å². The van der Waals surface area contributed by atoms with E-state index in [-0.39, 0.29) is 17.6 Å². The third kappa shape index (κ3) is 4.89. The summed E-state index contributed by atoms with van der Waals surface area (Å²) >= 11 is 0. The normalized spacial score (nSPS) is 16.5. The molecule has 1 aliphatic carbocycles. The zero-order chi connectivity index (χ0) is 28.8. The number of methoxy groups -OCH3 is 1. The molecule has 1 amide bonds. The monoisotopic (exact) mass is 568 g/mol. The number of carbonyl (C=O) groups is 1. The van der Waals surface area contributed by atoms with E-state index in [2.05, 4.69) is 20.6 Å². The molecule has 4 heterocycles. The molecule has 42 heavy (non-hydrogen) atoms. The van der Waals surface area contributed by atoms with Crippen molar-refractivity contribution >= 4 is 39.7 Å². The van der Waals surface area contributed by atoms with Gasteiger partial charge in [-0.15, -0.1) is 0 Å². The Labute approximate surface area is 242 Å². The minimum atomic E-state index is -0.353. The quantitative estimate of drug-likeness (QED) is 0.216. The van der Waals surface area contributed by atoms with Gasteiger partial charge in [-0.3, -0.25) is 4.79 Å². The summed E-state index contributed by atoms with van der Waals surface area (Å²) in [6.07, 6.45) is 6.24. The highest BCUT2D eigenvalue weighted by Crippen LogP contribution is 2.38. The molecule has 0 spiro atoms. The first-order valence-electron chi connectivity index (χ1n) is 14.2. The van der Waals surface area contributed by atoms with Crippen LogP contribution in [-0.2, 0) is 4.74 Å². The Morgan fingerprint density at radius 2 is 1.93 bits per heavy atom. The minimum absolute atomic E-state index is 0.0911. The smallest absolute Gasteiger partial charge is 0.251 e. The number of carbonyl (C=O) groups excluding carboxylic acids is 1. The maximum atomic E-state index is 12.8. The number of nitrogens with zero attached hydrogens (tertiary/aromatic N) is 3. The zero-order valence-electron chi connectivity index (χ0n) is 23.7. The van der Waals surface area contributed by atoms with Crippen molar-refractivity contribution in [2.75, 3.05) is 25.6 Å². The average Bonchev–Trinajstić information content (AvgIpc) is 3.71. The fourth-order valence-electron chi connectivity index (χ4n) is 5.62. The molecule has 2 fully saturated rings. The summed E-state index contributed by atoms with van der Waals surface area (Å²) < 4.78 is 23.2. The van der Waals surface area contributed by atoms with Crippen LogP contribution in [0.1, 0.15) is 48.9 Å². The second-order valence-electron chi connectivity index (χ2n) is 11.3. The number of benzene rings is 2. The Morgan fingerprint density at radius 3 is 2.69 bits per heavy atom. The van der Waals surface area contributed by atoms with E-state index < -0.39 is 0 Å². The number of amides is 1. The standard InChI is InChI=1S/C31H32N6O5/c1-17-33-23-10-8-18(12-25(23)41-17)21-14-32-27-26(21)29(42-20-6-4-5-7-20)36-30(35-27)34-22-11-9-19(13-24(22)39-3)28(38)37-31(2)15-40-16-31/h8-14,20H,4-7,15-16H2,1-3H3,(H,37,38)(H2,32,34,35,36). The number of oxazole rings is 1. The number of rotatable bonds is 8. The van der Waals surface area contributed by atoms with Gasteiger partial charge in [-0.05, 0) is 68.5 Å². The van der Waals surface area contributed by atoms with E-state index in [1.165, 1.54) is 0 Å². The van der Waals surface area contributed by atoms with Crippen molar-refractivity contribution in [1.82, 2.24) is 25.3 Å². The molecule has 2 aliphatic rings. The molecule has 3 aromatic heterocycles. The van der Waals surface area contributed by atoms with Crippen molar-refractivity contribution in [3.63, 3.8) is 0 Å². The first kappa shape index (κ1) is 26.3. The van der Waals surface area contributed by atoms with Crippen LogP contribution in [0.15, 0.2) is 47.0 Å². The molecule has 7 rings (SSSR count). The van der Waals surface area contributed by atoms with Gasteiger partial charge in [0.15, 0.2) is 11.5 Å². The SMILES string of the molecule is COc1cc(C(=O)NC2(C)COC2)ccc1Nc1nc(OC2CCCC2)c2c(-c3ccc4nc(C)oc4c3)c[nH]c2n1. The van der Waals surface area contributed by atoms with Gasteiger partial charge >= 0.3 is 0 Å². The van der Waals surface area contributed by atoms with E-state index in [1.54, 1.807) is 25.3 Å². The summed E-state index contributed by atoms with van der Waals surface area (Å²) in [7, 11) is 1.56. The van der Waals surface area contributed by atoms with Gasteiger partial charge in [-0.25, -0.2) is 4.98 Å². The number of aromatic nitrogens is 4. The van der Waals surface area contributed by atoms with Crippen molar-refractivity contribution < 1.29 is 23.4 Å². The Hall–Kier alpha value is -4.64. The molecule has 3 N–H and O–H groups in total. The first-order chi connectivity index (χ1) is 20.4. The molecule has 0 atom stereocenters. The lowest BCUT2D eigenvalue weighted by molar-refractivity contribution is -0.0593. The summed E-state index contributed by atoms with van der Waals surface area (Å²) in [5.41, 5.74) is 4.78. The maximum absolute atomic E-state index is 12.8. The Kier molecular flexibility index (Phi) is 6.46. The van der Waals surface area contributed by atoms with E-state index in [9.17, 15) is 4.79 Å². The Balaban J connectivity index is 1.23. The van der Waals surface area contributed by atoms with E-state index in [0.717, 1.165) is 53.3 Å². The summed E-state index contributed by atoms with van der Waals surface area (Å²) in [4.78, 5) is 30.2. The highest BCUT2D eigenvalue weighted by Gasteiger charge is 2.35. The van der Waals surface area contributed by atoms with Gasteiger partial charge in [0.25, 0.3) is 5.91 Å². The van der Waals surface area contributed by atoms with Crippen molar-refractivity contribution in [3.8, 4) is 22.8 Å². The third-order valence-corrected chi connectivity index (χ3v) is 7.85. The summed E-state index contributed by atoms with van der Waals surface area (Å²) in [5.74, 6) is 1.78. The van der Waals surface area contributed by atoms with Crippen molar-refractivity contribution in [2.24, 2.45) is 0 Å². The predicted molar refractivity (Wildman–Crippen MR) is 157 cm³/mol. The van der Waals surface area contributed by atoms with E-state index in [1.807, 2.05) is 38.2 Å². The van der Waals surface area contributed by atoms with Gasteiger partial charge < -0.3 is 34.2 Å². The lowest BCUT2D eigenvalue weighted by Gasteiger charge is -2.38. The Morgan fingerprint density at radius 1 is 1.10 bits per heavy atom. The number of hydrogen-bond donors (Lipinski definition) is 3. The summed E-state index contributed by atoms with van der Waals surface area (Å²) in [6.45, 7) is 4.79. The summed E-state index contributed by atoms with van der Waals surface area (Å²) in [5, 5.41) is 7.10. The van der Waals surface area contributed by atoms with Crippen LogP contribution in [0.25, 0.3) is 33.3 Å². The minimum Gasteiger partial charge on any atom is -0.495 e. The van der Waals surface area contributed by atoms with Gasteiger partial charge in [0.05, 0.1) is 36.9 Å². The predicted octanol–water partition coefficient (Wildman–Crippen LogP) is 5.67. The van der Waals surface area contributed by atoms with Gasteiger partial charge in [0.2, 0.25) is 11.8 Å². The fourth-order valence-corrected chi connectivity index (χ4v) is 5.62. The van der Waals surface area contributed by atoms with Crippen LogP contribution in [0.4, 0.5) is 11.6 Å². The first-order valence-corrected chi connectivity index (χ1v) is 14.2. The highest BCUT2D eigenvalue weighted by molar-refractivity contribution is 5.99. The van der Waals surface area contributed by atoms with Crippen molar-refractivity contribution in [3.05, 3.63) is 54.0 Å². The van der Waals surface area contributed by atoms with Crippen molar-refractivity contribution in [1.29, 1.82) is 0 Å². The lowest BCUT2D eigenvalue weighted by Crippen LogP contribution is -2.59. The van der Waals surface area contributed by atoms with Crippen molar-refractivity contribution in [2.45, 2.75) is 51.2 Å². The Bertz CT molecular complexity index is 1800. The van der Waals surface area contributed by atoms with Crippen LogP contribution in [-0.4, -0.2) is 57.8 Å². The van der Waals surface area contributed by atoms with Gasteiger partial charge in [-0.1, -0.05) is 6.07 Å². The number of aromatic amines is 1. The number of aryl methyl sites for hydroxylation is 1. The van der Waals surface area contributed by atoms with E-state index >= 15 is 0 Å². The summed E-state index contributed by atoms with van der Waals surface area (Å²) in [6, 6.07) is 11.2. The largest absolute Gasteiger partial charge is 0.495 e. The van der Waals surface area contributed by atoms with Crippen LogP contribution >= 0.6 is 0 Å². The molecule has 11 nitrogen and oxygen atoms in total. The number of H-pyrrole nitrogens is 1. The molecule has 0 radical (unpaired) electrons. The highest BCUT2D eigenvalue weighted by atomic mass is 16.5. The molecule has 1 aliphatic heterocycles. The molecule has 5 aromatic rings. The van der Waals surface area contributed by atoms with Crippen LogP contribution in [0, 0.1) is 6.92 Å². The fraction of sp³-hybridized carbons (Fsp3) is 0.355. The van der Waals surface area contributed by atoms with Gasteiger partial charge in [-0.2, -0.15) is 9.97 Å². The number of hydrogen-bond acceptors (Lipinski definition) is 9. The second kappa shape index (κ2) is 10.3. The lowest BCUT2D eigenvalue weighted by atomic mass is 10.00. The average molecular weight is 569 g/mol. The molecular formula is C31H32N6O5. The molecule has 216 valence electrons. The van der Waals surface area contributed by atoms with Crippen LogP contribution in [0.2, 0.25) is 0 Å². The molecule has 1 saturated heterocycles. The van der Waals surface area contributed by atoms with Gasteiger partial charge in [0.1, 0.15) is 23.0 Å². The van der Waals surface area contributed by atoms with Gasteiger partial charge in [0, 0.05) is 24.2 Å².